The van der Waals surface area contributed by atoms with Crippen LogP contribution in [0.2, 0.25) is 0 Å². The minimum Gasteiger partial charge on any atom is -0.370 e. The Kier molecular flexibility index (Phi) is 3.69. The molecule has 2 unspecified atom stereocenters. The largest absolute Gasteiger partial charge is 0.370 e. The van der Waals surface area contributed by atoms with Crippen LogP contribution in [-0.4, -0.2) is 18.5 Å². The summed E-state index contributed by atoms with van der Waals surface area (Å²) in [5, 5.41) is 1.98. The molecule has 0 saturated heterocycles. The van der Waals surface area contributed by atoms with Crippen molar-refractivity contribution < 1.29 is 9.53 Å². The molecule has 2 atom stereocenters. The third kappa shape index (κ3) is 2.31. The van der Waals surface area contributed by atoms with Crippen LogP contribution in [-0.2, 0) is 4.74 Å². The molecule has 1 aromatic rings. The lowest BCUT2D eigenvalue weighted by Gasteiger charge is -2.37. The Balaban J connectivity index is 2.29. The fourth-order valence-electron chi connectivity index (χ4n) is 2.85. The maximum atomic E-state index is 12.7. The average Bonchev–Trinajstić information content (AvgIpc) is 2.74. The van der Waals surface area contributed by atoms with E-state index in [-0.39, 0.29) is 5.78 Å². The van der Waals surface area contributed by atoms with E-state index < -0.39 is 5.60 Å². The van der Waals surface area contributed by atoms with Crippen LogP contribution in [0.3, 0.4) is 0 Å². The average molecular weight is 252 g/mol. The van der Waals surface area contributed by atoms with E-state index in [1.165, 1.54) is 6.42 Å². The molecule has 0 bridgehead atoms. The maximum absolute atomic E-state index is 12.7. The van der Waals surface area contributed by atoms with Crippen LogP contribution in [0, 0.1) is 12.8 Å². The van der Waals surface area contributed by atoms with Crippen molar-refractivity contribution >= 4 is 17.1 Å². The Morgan fingerprint density at radius 2 is 2.35 bits per heavy atom. The second-order valence-electron chi connectivity index (χ2n) is 5.12. The molecule has 0 aromatic carbocycles. The van der Waals surface area contributed by atoms with Gasteiger partial charge in [0.25, 0.3) is 0 Å². The highest BCUT2D eigenvalue weighted by Crippen LogP contribution is 2.38. The van der Waals surface area contributed by atoms with Crippen LogP contribution in [0.1, 0.15) is 47.8 Å². The summed E-state index contributed by atoms with van der Waals surface area (Å²) in [6, 6.07) is 1.93. The van der Waals surface area contributed by atoms with Crippen molar-refractivity contribution in [3.05, 3.63) is 21.9 Å². The Bertz CT molecular complexity index is 410. The van der Waals surface area contributed by atoms with Gasteiger partial charge >= 0.3 is 0 Å². The minimum absolute atomic E-state index is 0.185. The van der Waals surface area contributed by atoms with Crippen molar-refractivity contribution in [1.82, 2.24) is 0 Å². The first kappa shape index (κ1) is 12.8. The number of thiophene rings is 1. The van der Waals surface area contributed by atoms with Crippen LogP contribution in [0.25, 0.3) is 0 Å². The van der Waals surface area contributed by atoms with Gasteiger partial charge in [-0.1, -0.05) is 13.3 Å². The lowest BCUT2D eigenvalue weighted by Crippen LogP contribution is -2.44. The predicted octanol–water partition coefficient (Wildman–Crippen LogP) is 3.83. The molecular weight excluding hydrogens is 232 g/mol. The molecule has 0 amide bonds. The van der Waals surface area contributed by atoms with E-state index in [2.05, 4.69) is 6.92 Å². The maximum Gasteiger partial charge on any atom is 0.195 e. The lowest BCUT2D eigenvalue weighted by atomic mass is 9.75. The number of ketones is 1. The molecule has 2 nitrogen and oxygen atoms in total. The van der Waals surface area contributed by atoms with E-state index in [9.17, 15) is 4.79 Å². The fourth-order valence-corrected chi connectivity index (χ4v) is 3.55. The van der Waals surface area contributed by atoms with E-state index in [0.29, 0.717) is 5.92 Å². The van der Waals surface area contributed by atoms with Crippen molar-refractivity contribution in [2.45, 2.75) is 45.1 Å². The normalized spacial score (nSPS) is 29.2. The Morgan fingerprint density at radius 3 is 2.88 bits per heavy atom. The van der Waals surface area contributed by atoms with Gasteiger partial charge in [-0.25, -0.2) is 0 Å². The number of hydrogen-bond acceptors (Lipinski definition) is 3. The van der Waals surface area contributed by atoms with Crippen molar-refractivity contribution in [2.24, 2.45) is 5.92 Å². The lowest BCUT2D eigenvalue weighted by molar-refractivity contribution is -0.0302. The summed E-state index contributed by atoms with van der Waals surface area (Å²) in [5.74, 6) is 0.761. The zero-order valence-electron chi connectivity index (χ0n) is 10.8. The number of ether oxygens (including phenoxy) is 1. The molecular formula is C14H20O2S. The molecule has 17 heavy (non-hydrogen) atoms. The van der Waals surface area contributed by atoms with Crippen LogP contribution < -0.4 is 0 Å². The van der Waals surface area contributed by atoms with Crippen LogP contribution in [0.15, 0.2) is 11.4 Å². The van der Waals surface area contributed by atoms with Gasteiger partial charge in [-0.05, 0) is 43.6 Å². The second kappa shape index (κ2) is 4.91. The molecule has 1 fully saturated rings. The van der Waals surface area contributed by atoms with E-state index in [1.807, 2.05) is 18.4 Å². The molecule has 0 aliphatic heterocycles. The van der Waals surface area contributed by atoms with Gasteiger partial charge in [0.1, 0.15) is 5.60 Å². The molecule has 0 radical (unpaired) electrons. The first-order valence-electron chi connectivity index (χ1n) is 6.23. The zero-order valence-corrected chi connectivity index (χ0v) is 11.6. The highest BCUT2D eigenvalue weighted by atomic mass is 32.1. The molecule has 1 saturated carbocycles. The van der Waals surface area contributed by atoms with E-state index in [1.54, 1.807) is 18.4 Å². The summed E-state index contributed by atoms with van der Waals surface area (Å²) in [4.78, 5) is 13.8. The SMILES string of the molecule is COC1(C(=O)c2ccsc2C)CCCC(C)C1. The Hall–Kier alpha value is -0.670. The van der Waals surface area contributed by atoms with Gasteiger partial charge < -0.3 is 4.74 Å². The van der Waals surface area contributed by atoms with Crippen molar-refractivity contribution in [3.8, 4) is 0 Å². The topological polar surface area (TPSA) is 26.3 Å². The standard InChI is InChI=1S/C14H20O2S/c1-10-5-4-7-14(9-10,16-3)13(15)12-6-8-17-11(12)2/h6,8,10H,4-5,7,9H2,1-3H3. The number of methoxy groups -OCH3 is 1. The molecule has 0 N–H and O–H groups in total. The van der Waals surface area contributed by atoms with Gasteiger partial charge in [-0.15, -0.1) is 11.3 Å². The minimum atomic E-state index is -0.566. The Labute approximate surface area is 107 Å². The van der Waals surface area contributed by atoms with Crippen molar-refractivity contribution in [3.63, 3.8) is 0 Å². The van der Waals surface area contributed by atoms with Gasteiger partial charge in [0.2, 0.25) is 0 Å². The summed E-state index contributed by atoms with van der Waals surface area (Å²) >= 11 is 1.63. The van der Waals surface area contributed by atoms with Crippen molar-refractivity contribution in [1.29, 1.82) is 0 Å². The van der Waals surface area contributed by atoms with Crippen LogP contribution >= 0.6 is 11.3 Å². The van der Waals surface area contributed by atoms with E-state index in [0.717, 1.165) is 29.7 Å². The highest BCUT2D eigenvalue weighted by Gasteiger charge is 2.42. The first-order chi connectivity index (χ1) is 8.09. The summed E-state index contributed by atoms with van der Waals surface area (Å²) in [7, 11) is 1.68. The summed E-state index contributed by atoms with van der Waals surface area (Å²) < 4.78 is 5.64. The molecule has 1 aliphatic rings. The third-order valence-corrected chi connectivity index (χ3v) is 4.71. The first-order valence-corrected chi connectivity index (χ1v) is 7.11. The van der Waals surface area contributed by atoms with Crippen molar-refractivity contribution in [2.75, 3.05) is 7.11 Å². The summed E-state index contributed by atoms with van der Waals surface area (Å²) in [6.45, 7) is 4.22. The fraction of sp³-hybridized carbons (Fsp3) is 0.643. The van der Waals surface area contributed by atoms with Crippen LogP contribution in [0.4, 0.5) is 0 Å². The number of carbonyl (C=O) groups excluding carboxylic acids is 1. The quantitative estimate of drug-likeness (QED) is 0.764. The molecule has 0 spiro atoms. The third-order valence-electron chi connectivity index (χ3n) is 3.86. The van der Waals surface area contributed by atoms with Gasteiger partial charge in [-0.2, -0.15) is 0 Å². The number of rotatable bonds is 3. The van der Waals surface area contributed by atoms with Gasteiger partial charge in [0.05, 0.1) is 0 Å². The number of carbonyl (C=O) groups is 1. The highest BCUT2D eigenvalue weighted by molar-refractivity contribution is 7.10. The summed E-state index contributed by atoms with van der Waals surface area (Å²) in [6.07, 6.45) is 4.02. The zero-order chi connectivity index (χ0) is 12.5. The molecule has 94 valence electrons. The smallest absolute Gasteiger partial charge is 0.195 e. The molecule has 1 heterocycles. The molecule has 2 rings (SSSR count). The molecule has 3 heteroatoms. The van der Waals surface area contributed by atoms with Crippen LogP contribution in [0.5, 0.6) is 0 Å². The summed E-state index contributed by atoms with van der Waals surface area (Å²) in [5.41, 5.74) is 0.287. The monoisotopic (exact) mass is 252 g/mol. The number of aryl methyl sites for hydroxylation is 1. The second-order valence-corrected chi connectivity index (χ2v) is 6.24. The predicted molar refractivity (Wildman–Crippen MR) is 70.8 cm³/mol. The van der Waals surface area contributed by atoms with Gasteiger partial charge in [0.15, 0.2) is 5.78 Å². The number of hydrogen-bond donors (Lipinski definition) is 0. The van der Waals surface area contributed by atoms with E-state index >= 15 is 0 Å². The number of Topliss-reactive ketones (excluding diaryl/α,β-unsaturated/α-hetero) is 1. The molecule has 1 aliphatic carbocycles. The van der Waals surface area contributed by atoms with Gasteiger partial charge in [-0.3, -0.25) is 4.79 Å². The Morgan fingerprint density at radius 1 is 1.59 bits per heavy atom. The molecule has 1 aromatic heterocycles. The van der Waals surface area contributed by atoms with Gasteiger partial charge in [0, 0.05) is 17.6 Å². The van der Waals surface area contributed by atoms with E-state index in [4.69, 9.17) is 4.74 Å².